The van der Waals surface area contributed by atoms with Crippen LogP contribution in [0.15, 0.2) is 72.8 Å². The summed E-state index contributed by atoms with van der Waals surface area (Å²) in [5, 5.41) is 14.4. The van der Waals surface area contributed by atoms with E-state index in [2.05, 4.69) is 5.32 Å². The number of para-hydroxylation sites is 1. The molecule has 1 aliphatic rings. The zero-order valence-corrected chi connectivity index (χ0v) is 15.7. The Labute approximate surface area is 167 Å². The third-order valence-corrected chi connectivity index (χ3v) is 4.95. The van der Waals surface area contributed by atoms with Gasteiger partial charge in [-0.25, -0.2) is 0 Å². The number of carbonyl (C=O) groups excluding carboxylic acids is 1. The lowest BCUT2D eigenvalue weighted by Crippen LogP contribution is -2.42. The van der Waals surface area contributed by atoms with Gasteiger partial charge in [-0.3, -0.25) is 14.9 Å². The Hall–Kier alpha value is -3.87. The van der Waals surface area contributed by atoms with E-state index in [9.17, 15) is 14.9 Å². The summed E-state index contributed by atoms with van der Waals surface area (Å²) < 4.78 is 5.20. The van der Waals surface area contributed by atoms with Gasteiger partial charge in [0.1, 0.15) is 11.9 Å². The number of methoxy groups -OCH3 is 1. The zero-order chi connectivity index (χ0) is 20.4. The molecular weight excluding hydrogens is 370 g/mol. The lowest BCUT2D eigenvalue weighted by atomic mass is 10.0. The van der Waals surface area contributed by atoms with Crippen LogP contribution in [0.2, 0.25) is 0 Å². The van der Waals surface area contributed by atoms with Crippen molar-refractivity contribution in [2.24, 2.45) is 0 Å². The van der Waals surface area contributed by atoms with E-state index in [1.54, 1.807) is 30.2 Å². The Balaban J connectivity index is 1.71. The number of hydrogen-bond donors (Lipinski definition) is 1. The minimum Gasteiger partial charge on any atom is -0.497 e. The molecule has 29 heavy (non-hydrogen) atoms. The summed E-state index contributed by atoms with van der Waals surface area (Å²) in [5.74, 6) is 0.646. The standard InChI is InChI=1S/C22H19N3O4/c1-29-18-12-6-15(7-13-18)14-24-21(16-8-10-17(11-9-16)25(27)28)23-20-5-3-2-4-19(20)22(24)26/h2-13,21,23H,14H2,1H3/t21-/m0/s1. The molecule has 0 radical (unpaired) electrons. The number of ether oxygens (including phenoxy) is 1. The highest BCUT2D eigenvalue weighted by Crippen LogP contribution is 2.34. The van der Waals surface area contributed by atoms with Crippen LogP contribution < -0.4 is 10.1 Å². The van der Waals surface area contributed by atoms with E-state index < -0.39 is 11.1 Å². The summed E-state index contributed by atoms with van der Waals surface area (Å²) in [6, 6.07) is 21.1. The summed E-state index contributed by atoms with van der Waals surface area (Å²) >= 11 is 0. The minimum atomic E-state index is -0.444. The topological polar surface area (TPSA) is 84.7 Å². The van der Waals surface area contributed by atoms with Gasteiger partial charge in [-0.15, -0.1) is 0 Å². The van der Waals surface area contributed by atoms with Gasteiger partial charge in [-0.05, 0) is 47.5 Å². The van der Waals surface area contributed by atoms with E-state index in [0.29, 0.717) is 12.1 Å². The Kier molecular flexibility index (Phi) is 4.87. The molecule has 0 aliphatic carbocycles. The van der Waals surface area contributed by atoms with Gasteiger partial charge in [0.25, 0.3) is 11.6 Å². The number of rotatable bonds is 5. The van der Waals surface area contributed by atoms with Crippen molar-refractivity contribution < 1.29 is 14.5 Å². The zero-order valence-electron chi connectivity index (χ0n) is 15.7. The third kappa shape index (κ3) is 3.62. The Morgan fingerprint density at radius 1 is 1.03 bits per heavy atom. The predicted molar refractivity (Wildman–Crippen MR) is 109 cm³/mol. The number of nitrogens with zero attached hydrogens (tertiary/aromatic N) is 2. The van der Waals surface area contributed by atoms with Crippen molar-refractivity contribution in [2.45, 2.75) is 12.7 Å². The first-order valence-electron chi connectivity index (χ1n) is 9.10. The van der Waals surface area contributed by atoms with Crippen LogP contribution in [-0.2, 0) is 6.54 Å². The van der Waals surface area contributed by atoms with Gasteiger partial charge in [-0.2, -0.15) is 0 Å². The second-order valence-corrected chi connectivity index (χ2v) is 6.72. The lowest BCUT2D eigenvalue weighted by Gasteiger charge is -2.38. The van der Waals surface area contributed by atoms with Gasteiger partial charge in [-0.1, -0.05) is 24.3 Å². The van der Waals surface area contributed by atoms with Crippen LogP contribution in [0.4, 0.5) is 11.4 Å². The SMILES string of the molecule is COc1ccc(CN2C(=O)c3ccccc3N[C@@H]2c2ccc([N+](=O)[O-])cc2)cc1. The van der Waals surface area contributed by atoms with Crippen LogP contribution in [0.5, 0.6) is 5.75 Å². The molecule has 0 saturated carbocycles. The van der Waals surface area contributed by atoms with Crippen LogP contribution in [0.25, 0.3) is 0 Å². The van der Waals surface area contributed by atoms with E-state index >= 15 is 0 Å². The lowest BCUT2D eigenvalue weighted by molar-refractivity contribution is -0.384. The van der Waals surface area contributed by atoms with Crippen LogP contribution in [0.1, 0.15) is 27.7 Å². The number of hydrogen-bond acceptors (Lipinski definition) is 5. The number of nitro groups is 1. The monoisotopic (exact) mass is 389 g/mol. The number of nitro benzene ring substituents is 1. The van der Waals surface area contributed by atoms with E-state index in [4.69, 9.17) is 4.74 Å². The second kappa shape index (κ2) is 7.63. The van der Waals surface area contributed by atoms with Gasteiger partial charge in [0, 0.05) is 24.4 Å². The van der Waals surface area contributed by atoms with Gasteiger partial charge >= 0.3 is 0 Å². The first-order chi connectivity index (χ1) is 14.1. The summed E-state index contributed by atoms with van der Waals surface area (Å²) in [6.07, 6.45) is -0.444. The number of amides is 1. The van der Waals surface area contributed by atoms with Crippen molar-refractivity contribution in [3.8, 4) is 5.75 Å². The molecule has 0 saturated heterocycles. The molecule has 0 bridgehead atoms. The third-order valence-electron chi connectivity index (χ3n) is 4.95. The van der Waals surface area contributed by atoms with Crippen molar-refractivity contribution in [3.63, 3.8) is 0 Å². The maximum absolute atomic E-state index is 13.3. The molecule has 1 aliphatic heterocycles. The van der Waals surface area contributed by atoms with Crippen LogP contribution in [0.3, 0.4) is 0 Å². The highest BCUT2D eigenvalue weighted by molar-refractivity contribution is 6.01. The van der Waals surface area contributed by atoms with Crippen LogP contribution in [0, 0.1) is 10.1 Å². The van der Waals surface area contributed by atoms with Gasteiger partial charge < -0.3 is 15.0 Å². The molecule has 1 N–H and O–H groups in total. The molecule has 1 heterocycles. The maximum atomic E-state index is 13.3. The van der Waals surface area contributed by atoms with Crippen molar-refractivity contribution in [3.05, 3.63) is 99.6 Å². The van der Waals surface area contributed by atoms with Gasteiger partial charge in [0.05, 0.1) is 17.6 Å². The van der Waals surface area contributed by atoms with E-state index in [-0.39, 0.29) is 11.6 Å². The van der Waals surface area contributed by atoms with Crippen LogP contribution >= 0.6 is 0 Å². The molecule has 0 aromatic heterocycles. The van der Waals surface area contributed by atoms with Crippen molar-refractivity contribution in [1.29, 1.82) is 0 Å². The number of carbonyl (C=O) groups is 1. The Morgan fingerprint density at radius 2 is 1.72 bits per heavy atom. The number of non-ortho nitro benzene ring substituents is 1. The molecule has 0 spiro atoms. The first kappa shape index (κ1) is 18.5. The van der Waals surface area contributed by atoms with E-state index in [0.717, 1.165) is 22.6 Å². The number of benzene rings is 3. The first-order valence-corrected chi connectivity index (χ1v) is 9.10. The summed E-state index contributed by atoms with van der Waals surface area (Å²) in [6.45, 7) is 0.381. The molecule has 7 nitrogen and oxygen atoms in total. The highest BCUT2D eigenvalue weighted by Gasteiger charge is 2.33. The molecule has 4 rings (SSSR count). The maximum Gasteiger partial charge on any atom is 0.269 e. The summed E-state index contributed by atoms with van der Waals surface area (Å²) in [5.41, 5.74) is 3.07. The normalized spacial score (nSPS) is 15.4. The fraction of sp³-hybridized carbons (Fsp3) is 0.136. The number of nitrogens with one attached hydrogen (secondary N) is 1. The second-order valence-electron chi connectivity index (χ2n) is 6.72. The minimum absolute atomic E-state index is 0.0120. The average Bonchev–Trinajstić information content (AvgIpc) is 2.76. The fourth-order valence-electron chi connectivity index (χ4n) is 3.42. The number of fused-ring (bicyclic) bond motifs is 1. The predicted octanol–water partition coefficient (Wildman–Crippen LogP) is 4.37. The summed E-state index contributed by atoms with van der Waals surface area (Å²) in [7, 11) is 1.61. The summed E-state index contributed by atoms with van der Waals surface area (Å²) in [4.78, 5) is 25.5. The van der Waals surface area contributed by atoms with Gasteiger partial charge in [0.15, 0.2) is 0 Å². The van der Waals surface area contributed by atoms with E-state index in [1.807, 2.05) is 42.5 Å². The smallest absolute Gasteiger partial charge is 0.269 e. The molecule has 146 valence electrons. The van der Waals surface area contributed by atoms with Crippen molar-refractivity contribution in [1.82, 2.24) is 4.90 Å². The molecule has 0 unspecified atom stereocenters. The number of anilines is 1. The Bertz CT molecular complexity index is 1050. The highest BCUT2D eigenvalue weighted by atomic mass is 16.6. The molecule has 3 aromatic carbocycles. The van der Waals surface area contributed by atoms with Crippen molar-refractivity contribution >= 4 is 17.3 Å². The molecule has 7 heteroatoms. The molecule has 1 atom stereocenters. The molecule has 1 amide bonds. The Morgan fingerprint density at radius 3 is 2.38 bits per heavy atom. The fourth-order valence-corrected chi connectivity index (χ4v) is 3.42. The quantitative estimate of drug-likeness (QED) is 0.517. The van der Waals surface area contributed by atoms with Crippen LogP contribution in [-0.4, -0.2) is 22.8 Å². The molecular formula is C22H19N3O4. The largest absolute Gasteiger partial charge is 0.497 e. The molecule has 0 fully saturated rings. The van der Waals surface area contributed by atoms with E-state index in [1.165, 1.54) is 12.1 Å². The van der Waals surface area contributed by atoms with Crippen molar-refractivity contribution in [2.75, 3.05) is 12.4 Å². The van der Waals surface area contributed by atoms with Gasteiger partial charge in [0.2, 0.25) is 0 Å². The average molecular weight is 389 g/mol. The molecule has 3 aromatic rings.